The lowest BCUT2D eigenvalue weighted by atomic mass is 10.2. The van der Waals surface area contributed by atoms with Crippen molar-refractivity contribution >= 4 is 11.6 Å². The van der Waals surface area contributed by atoms with Crippen molar-refractivity contribution in [1.29, 1.82) is 0 Å². The molecule has 0 saturated heterocycles. The van der Waals surface area contributed by atoms with E-state index in [2.05, 4.69) is 17.2 Å². The van der Waals surface area contributed by atoms with E-state index in [1.54, 1.807) is 13.0 Å². The molecule has 0 aromatic heterocycles. The molecule has 0 unspecified atom stereocenters. The van der Waals surface area contributed by atoms with E-state index in [9.17, 15) is 4.79 Å². The Morgan fingerprint density at radius 1 is 1.50 bits per heavy atom. The molecule has 18 heavy (non-hydrogen) atoms. The maximum atomic E-state index is 11.7. The summed E-state index contributed by atoms with van der Waals surface area (Å²) < 4.78 is 5.49. The molecule has 0 bridgehead atoms. The first-order chi connectivity index (χ1) is 8.69. The maximum absolute atomic E-state index is 11.7. The second-order valence-corrected chi connectivity index (χ2v) is 3.83. The fourth-order valence-electron chi connectivity index (χ4n) is 1.49. The third-order valence-corrected chi connectivity index (χ3v) is 2.37. The highest BCUT2D eigenvalue weighted by Gasteiger charge is 2.13. The highest BCUT2D eigenvalue weighted by atomic mass is 16.5. The Kier molecular flexibility index (Phi) is 5.77. The van der Waals surface area contributed by atoms with Gasteiger partial charge in [-0.3, -0.25) is 4.79 Å². The van der Waals surface area contributed by atoms with E-state index in [1.807, 2.05) is 31.2 Å². The molecule has 0 fully saturated rings. The van der Waals surface area contributed by atoms with E-state index in [0.29, 0.717) is 13.2 Å². The zero-order valence-electron chi connectivity index (χ0n) is 10.9. The van der Waals surface area contributed by atoms with Crippen molar-refractivity contribution in [2.24, 2.45) is 0 Å². The summed E-state index contributed by atoms with van der Waals surface area (Å²) in [5.74, 6) is 0.685. The molecule has 1 rings (SSSR count). The van der Waals surface area contributed by atoms with Gasteiger partial charge in [-0.05, 0) is 26.0 Å². The lowest BCUT2D eigenvalue weighted by Crippen LogP contribution is -2.37. The fraction of sp³-hybridized carbons (Fsp3) is 0.357. The number of ether oxygens (including phenoxy) is 1. The number of anilines is 1. The number of rotatable bonds is 7. The number of benzene rings is 1. The fourth-order valence-corrected chi connectivity index (χ4v) is 1.49. The van der Waals surface area contributed by atoms with Gasteiger partial charge >= 0.3 is 0 Å². The molecule has 1 atom stereocenters. The van der Waals surface area contributed by atoms with Crippen LogP contribution < -0.4 is 15.4 Å². The lowest BCUT2D eigenvalue weighted by Gasteiger charge is -2.17. The third kappa shape index (κ3) is 4.13. The molecule has 0 aliphatic carbocycles. The molecular weight excluding hydrogens is 228 g/mol. The van der Waals surface area contributed by atoms with Gasteiger partial charge in [0.05, 0.1) is 12.3 Å². The number of hydrogen-bond acceptors (Lipinski definition) is 3. The monoisotopic (exact) mass is 248 g/mol. The van der Waals surface area contributed by atoms with Gasteiger partial charge in [0.15, 0.2) is 0 Å². The average Bonchev–Trinajstić information content (AvgIpc) is 2.38. The van der Waals surface area contributed by atoms with E-state index in [4.69, 9.17) is 4.74 Å². The second-order valence-electron chi connectivity index (χ2n) is 3.83. The number of hydrogen-bond donors (Lipinski definition) is 2. The molecule has 0 radical (unpaired) electrons. The van der Waals surface area contributed by atoms with Crippen LogP contribution in [0.3, 0.4) is 0 Å². The molecule has 0 heterocycles. The molecule has 4 heteroatoms. The molecular formula is C14H20N2O2. The van der Waals surface area contributed by atoms with Crippen molar-refractivity contribution in [2.75, 3.05) is 18.5 Å². The molecule has 1 aromatic rings. The maximum Gasteiger partial charge on any atom is 0.242 e. The number of amides is 1. The molecule has 0 aliphatic rings. The SMILES string of the molecule is C=CCNC(=O)[C@@H](C)Nc1ccccc1OCC. The largest absolute Gasteiger partial charge is 0.492 e. The number of nitrogens with one attached hydrogen (secondary N) is 2. The minimum Gasteiger partial charge on any atom is -0.492 e. The van der Waals surface area contributed by atoms with Crippen LogP contribution in [-0.4, -0.2) is 25.1 Å². The van der Waals surface area contributed by atoms with E-state index in [1.165, 1.54) is 0 Å². The standard InChI is InChI=1S/C14H20N2O2/c1-4-10-15-14(17)11(3)16-12-8-6-7-9-13(12)18-5-2/h4,6-9,11,16H,1,5,10H2,2-3H3,(H,15,17)/t11-/m1/s1. The zero-order valence-corrected chi connectivity index (χ0v) is 10.9. The summed E-state index contributed by atoms with van der Waals surface area (Å²) in [5.41, 5.74) is 0.820. The van der Waals surface area contributed by atoms with Gasteiger partial charge in [0.2, 0.25) is 5.91 Å². The van der Waals surface area contributed by atoms with Gasteiger partial charge in [0.25, 0.3) is 0 Å². The number of para-hydroxylation sites is 2. The molecule has 0 spiro atoms. The summed E-state index contributed by atoms with van der Waals surface area (Å²) in [6.45, 7) is 8.36. The Balaban J connectivity index is 2.65. The first-order valence-corrected chi connectivity index (χ1v) is 6.06. The van der Waals surface area contributed by atoms with Crippen LogP contribution in [0, 0.1) is 0 Å². The van der Waals surface area contributed by atoms with E-state index in [0.717, 1.165) is 11.4 Å². The highest BCUT2D eigenvalue weighted by molar-refractivity contribution is 5.84. The molecule has 0 saturated carbocycles. The predicted molar refractivity (Wildman–Crippen MR) is 73.9 cm³/mol. The summed E-state index contributed by atoms with van der Waals surface area (Å²) in [7, 11) is 0. The second kappa shape index (κ2) is 7.37. The van der Waals surface area contributed by atoms with Crippen LogP contribution in [0.25, 0.3) is 0 Å². The van der Waals surface area contributed by atoms with Gasteiger partial charge in [-0.25, -0.2) is 0 Å². The topological polar surface area (TPSA) is 50.4 Å². The Morgan fingerprint density at radius 2 is 2.22 bits per heavy atom. The van der Waals surface area contributed by atoms with Crippen molar-refractivity contribution in [1.82, 2.24) is 5.32 Å². The van der Waals surface area contributed by atoms with Crippen LogP contribution in [0.4, 0.5) is 5.69 Å². The van der Waals surface area contributed by atoms with Gasteiger partial charge in [-0.2, -0.15) is 0 Å². The van der Waals surface area contributed by atoms with E-state index < -0.39 is 0 Å². The smallest absolute Gasteiger partial charge is 0.242 e. The molecule has 2 N–H and O–H groups in total. The minimum absolute atomic E-state index is 0.0683. The Labute approximate surface area is 108 Å². The number of carbonyl (C=O) groups is 1. The summed E-state index contributed by atoms with van der Waals surface area (Å²) in [6.07, 6.45) is 1.65. The normalized spacial score (nSPS) is 11.4. The lowest BCUT2D eigenvalue weighted by molar-refractivity contribution is -0.121. The van der Waals surface area contributed by atoms with E-state index >= 15 is 0 Å². The van der Waals surface area contributed by atoms with Crippen molar-refractivity contribution in [2.45, 2.75) is 19.9 Å². The molecule has 98 valence electrons. The van der Waals surface area contributed by atoms with Crippen molar-refractivity contribution in [3.8, 4) is 5.75 Å². The Morgan fingerprint density at radius 3 is 2.89 bits per heavy atom. The summed E-state index contributed by atoms with van der Waals surface area (Å²) in [5, 5.41) is 5.88. The van der Waals surface area contributed by atoms with Gasteiger partial charge in [-0.1, -0.05) is 18.2 Å². The van der Waals surface area contributed by atoms with Crippen LogP contribution in [-0.2, 0) is 4.79 Å². The van der Waals surface area contributed by atoms with Gasteiger partial charge in [0, 0.05) is 6.54 Å². The van der Waals surface area contributed by atoms with Crippen molar-refractivity contribution < 1.29 is 9.53 Å². The van der Waals surface area contributed by atoms with Gasteiger partial charge < -0.3 is 15.4 Å². The summed E-state index contributed by atoms with van der Waals surface area (Å²) >= 11 is 0. The predicted octanol–water partition coefficient (Wildman–Crippen LogP) is 2.19. The van der Waals surface area contributed by atoms with Crippen LogP contribution in [0.1, 0.15) is 13.8 Å². The summed E-state index contributed by atoms with van der Waals surface area (Å²) in [6, 6.07) is 7.24. The van der Waals surface area contributed by atoms with Gasteiger partial charge in [-0.15, -0.1) is 6.58 Å². The van der Waals surface area contributed by atoms with Crippen molar-refractivity contribution in [3.63, 3.8) is 0 Å². The summed E-state index contributed by atoms with van der Waals surface area (Å²) in [4.78, 5) is 11.7. The Hall–Kier alpha value is -1.97. The van der Waals surface area contributed by atoms with E-state index in [-0.39, 0.29) is 11.9 Å². The first kappa shape index (κ1) is 14.1. The average molecular weight is 248 g/mol. The van der Waals surface area contributed by atoms with Crippen molar-refractivity contribution in [3.05, 3.63) is 36.9 Å². The Bertz CT molecular complexity index is 405. The van der Waals surface area contributed by atoms with Crippen LogP contribution in [0.2, 0.25) is 0 Å². The minimum atomic E-state index is -0.327. The molecule has 1 aromatic carbocycles. The molecule has 4 nitrogen and oxygen atoms in total. The van der Waals surface area contributed by atoms with Crippen LogP contribution in [0.15, 0.2) is 36.9 Å². The van der Waals surface area contributed by atoms with Gasteiger partial charge in [0.1, 0.15) is 11.8 Å². The highest BCUT2D eigenvalue weighted by Crippen LogP contribution is 2.24. The number of carbonyl (C=O) groups excluding carboxylic acids is 1. The molecule has 0 aliphatic heterocycles. The van der Waals surface area contributed by atoms with Crippen LogP contribution >= 0.6 is 0 Å². The first-order valence-electron chi connectivity index (χ1n) is 6.06. The molecule has 1 amide bonds. The zero-order chi connectivity index (χ0) is 13.4. The van der Waals surface area contributed by atoms with Crippen LogP contribution in [0.5, 0.6) is 5.75 Å². The third-order valence-electron chi connectivity index (χ3n) is 2.37. The quantitative estimate of drug-likeness (QED) is 0.727.